The fourth-order valence-corrected chi connectivity index (χ4v) is 3.20. The van der Waals surface area contributed by atoms with Gasteiger partial charge in [-0.25, -0.2) is 0 Å². The molecule has 0 bridgehead atoms. The van der Waals surface area contributed by atoms with Gasteiger partial charge in [0.05, 0.1) is 12.8 Å². The number of unbranched alkanes of at least 4 members (excludes halogenated alkanes) is 4. The van der Waals surface area contributed by atoms with Crippen LogP contribution < -0.4 is 0 Å². The first-order valence-electron chi connectivity index (χ1n) is 9.77. The molecule has 0 aliphatic rings. The molecular weight excluding hydrogens is 336 g/mol. The minimum absolute atomic E-state index is 0.296. The molecule has 0 aromatic heterocycles. The van der Waals surface area contributed by atoms with E-state index in [0.29, 0.717) is 0 Å². The lowest BCUT2D eigenvalue weighted by Gasteiger charge is -2.05. The monoisotopic (exact) mass is 376 g/mol. The van der Waals surface area contributed by atoms with E-state index < -0.39 is 11.9 Å². The predicted octanol–water partition coefficient (Wildman–Crippen LogP) is 6.09. The molecule has 4 nitrogen and oxygen atoms in total. The van der Waals surface area contributed by atoms with Gasteiger partial charge in [0.2, 0.25) is 0 Å². The molecule has 0 amide bonds. The van der Waals surface area contributed by atoms with Crippen molar-refractivity contribution < 1.29 is 19.8 Å². The first-order valence-corrected chi connectivity index (χ1v) is 10.9. The Kier molecular flexibility index (Phi) is 20.8. The zero-order valence-corrected chi connectivity index (χ0v) is 17.6. The van der Waals surface area contributed by atoms with Gasteiger partial charge in [-0.1, -0.05) is 66.2 Å². The number of aliphatic carboxylic acids is 2. The van der Waals surface area contributed by atoms with Crippen LogP contribution in [0, 0.1) is 11.8 Å². The molecular formula is C20H40O4S. The fraction of sp³-hybridized carbons (Fsp3) is 0.900. The average molecular weight is 377 g/mol. The third-order valence-electron chi connectivity index (χ3n) is 3.69. The molecule has 0 saturated heterocycles. The highest BCUT2D eigenvalue weighted by molar-refractivity contribution is 7.99. The highest BCUT2D eigenvalue weighted by Crippen LogP contribution is 2.14. The van der Waals surface area contributed by atoms with Crippen molar-refractivity contribution in [2.75, 3.05) is 11.5 Å². The third-order valence-corrected chi connectivity index (χ3v) is 4.85. The first-order chi connectivity index (χ1) is 11.8. The van der Waals surface area contributed by atoms with Gasteiger partial charge in [0.15, 0.2) is 0 Å². The standard InChI is InChI=1S/C16H34S.C4H6O4/c1-15(2)11-7-5-9-13-17-14-10-6-8-12-16(3)4;5-3(6)1-2-4(7)8/h15-16H,5-14H2,1-4H3;1-2H2,(H,5,6)(H,7,8). The summed E-state index contributed by atoms with van der Waals surface area (Å²) < 4.78 is 0. The van der Waals surface area contributed by atoms with Crippen molar-refractivity contribution in [1.82, 2.24) is 0 Å². The Morgan fingerprint density at radius 3 is 1.32 bits per heavy atom. The zero-order valence-electron chi connectivity index (χ0n) is 16.8. The van der Waals surface area contributed by atoms with Crippen LogP contribution in [0.15, 0.2) is 0 Å². The lowest BCUT2D eigenvalue weighted by Crippen LogP contribution is -2.00. The van der Waals surface area contributed by atoms with Crippen LogP contribution in [0.1, 0.15) is 91.9 Å². The summed E-state index contributed by atoms with van der Waals surface area (Å²) in [6.45, 7) is 9.30. The number of rotatable bonds is 15. The Balaban J connectivity index is 0. The van der Waals surface area contributed by atoms with Crippen LogP contribution in [-0.4, -0.2) is 33.7 Å². The average Bonchev–Trinajstić information content (AvgIpc) is 2.50. The second-order valence-corrected chi connectivity index (χ2v) is 8.61. The van der Waals surface area contributed by atoms with Gasteiger partial charge in [0.25, 0.3) is 0 Å². The SMILES string of the molecule is CC(C)CCCCCSCCCCCC(C)C.O=C(O)CCC(=O)O. The van der Waals surface area contributed by atoms with Crippen molar-refractivity contribution in [2.24, 2.45) is 11.8 Å². The maximum absolute atomic E-state index is 9.64. The van der Waals surface area contributed by atoms with Crippen molar-refractivity contribution >= 4 is 23.7 Å². The predicted molar refractivity (Wildman–Crippen MR) is 108 cm³/mol. The van der Waals surface area contributed by atoms with Crippen molar-refractivity contribution in [3.63, 3.8) is 0 Å². The molecule has 0 unspecified atom stereocenters. The van der Waals surface area contributed by atoms with Gasteiger partial charge < -0.3 is 10.2 Å². The molecule has 0 aromatic rings. The van der Waals surface area contributed by atoms with Gasteiger partial charge in [0, 0.05) is 0 Å². The van der Waals surface area contributed by atoms with Crippen LogP contribution in [0.3, 0.4) is 0 Å². The molecule has 0 fully saturated rings. The summed E-state index contributed by atoms with van der Waals surface area (Å²) in [5, 5.41) is 15.8. The van der Waals surface area contributed by atoms with Crippen molar-refractivity contribution in [1.29, 1.82) is 0 Å². The Labute approximate surface area is 159 Å². The third kappa shape index (κ3) is 31.6. The summed E-state index contributed by atoms with van der Waals surface area (Å²) in [5.74, 6) is 2.41. The molecule has 0 heterocycles. The van der Waals surface area contributed by atoms with E-state index in [1.165, 1.54) is 62.9 Å². The lowest BCUT2D eigenvalue weighted by atomic mass is 10.1. The van der Waals surface area contributed by atoms with E-state index in [4.69, 9.17) is 10.2 Å². The quantitative estimate of drug-likeness (QED) is 0.338. The number of carboxylic acids is 2. The molecule has 0 aromatic carbocycles. The van der Waals surface area contributed by atoms with Crippen LogP contribution in [-0.2, 0) is 9.59 Å². The largest absolute Gasteiger partial charge is 0.481 e. The number of carboxylic acid groups (broad SMARTS) is 2. The normalized spacial score (nSPS) is 10.6. The molecule has 0 saturated carbocycles. The van der Waals surface area contributed by atoms with E-state index in [-0.39, 0.29) is 12.8 Å². The maximum Gasteiger partial charge on any atom is 0.303 e. The first kappa shape index (κ1) is 26.5. The van der Waals surface area contributed by atoms with Gasteiger partial charge in [-0.2, -0.15) is 11.8 Å². The van der Waals surface area contributed by atoms with E-state index in [2.05, 4.69) is 39.5 Å². The summed E-state index contributed by atoms with van der Waals surface area (Å²) in [4.78, 5) is 19.3. The highest BCUT2D eigenvalue weighted by atomic mass is 32.2. The lowest BCUT2D eigenvalue weighted by molar-refractivity contribution is -0.143. The van der Waals surface area contributed by atoms with Gasteiger partial charge in [-0.15, -0.1) is 0 Å². The molecule has 0 aliphatic carbocycles. The Hall–Kier alpha value is -0.710. The second-order valence-electron chi connectivity index (χ2n) is 7.39. The van der Waals surface area contributed by atoms with E-state index >= 15 is 0 Å². The van der Waals surface area contributed by atoms with E-state index in [0.717, 1.165) is 11.8 Å². The van der Waals surface area contributed by atoms with Gasteiger partial charge >= 0.3 is 11.9 Å². The Bertz CT molecular complexity index is 287. The summed E-state index contributed by atoms with van der Waals surface area (Å²) in [6, 6.07) is 0. The van der Waals surface area contributed by atoms with Crippen LogP contribution in [0.25, 0.3) is 0 Å². The molecule has 0 atom stereocenters. The number of hydrogen-bond donors (Lipinski definition) is 2. The second kappa shape index (κ2) is 19.6. The van der Waals surface area contributed by atoms with Crippen molar-refractivity contribution in [3.8, 4) is 0 Å². The van der Waals surface area contributed by atoms with Crippen LogP contribution in [0.5, 0.6) is 0 Å². The Morgan fingerprint density at radius 1 is 0.680 bits per heavy atom. The molecule has 0 rings (SSSR count). The molecule has 0 spiro atoms. The minimum atomic E-state index is -1.08. The maximum atomic E-state index is 9.64. The van der Waals surface area contributed by atoms with Gasteiger partial charge in [0.1, 0.15) is 0 Å². The van der Waals surface area contributed by atoms with Crippen molar-refractivity contribution in [2.45, 2.75) is 91.9 Å². The zero-order chi connectivity index (χ0) is 19.5. The molecule has 0 radical (unpaired) electrons. The molecule has 2 N–H and O–H groups in total. The summed E-state index contributed by atoms with van der Waals surface area (Å²) in [7, 11) is 0. The smallest absolute Gasteiger partial charge is 0.303 e. The van der Waals surface area contributed by atoms with Crippen molar-refractivity contribution in [3.05, 3.63) is 0 Å². The van der Waals surface area contributed by atoms with Gasteiger partial charge in [-0.3, -0.25) is 9.59 Å². The van der Waals surface area contributed by atoms with E-state index in [1.54, 1.807) is 0 Å². The topological polar surface area (TPSA) is 74.6 Å². The van der Waals surface area contributed by atoms with E-state index in [9.17, 15) is 9.59 Å². The van der Waals surface area contributed by atoms with Crippen LogP contribution in [0.2, 0.25) is 0 Å². The summed E-state index contributed by atoms with van der Waals surface area (Å²) >= 11 is 2.17. The molecule has 150 valence electrons. The summed E-state index contributed by atoms with van der Waals surface area (Å²) in [6.07, 6.45) is 10.9. The molecule has 0 aliphatic heterocycles. The number of hydrogen-bond acceptors (Lipinski definition) is 3. The number of thioether (sulfide) groups is 1. The summed E-state index contributed by atoms with van der Waals surface area (Å²) in [5.41, 5.74) is 0. The molecule has 5 heteroatoms. The number of carbonyl (C=O) groups is 2. The fourth-order valence-electron chi connectivity index (χ4n) is 2.18. The Morgan fingerprint density at radius 2 is 1.04 bits per heavy atom. The van der Waals surface area contributed by atoms with Crippen LogP contribution in [0.4, 0.5) is 0 Å². The highest BCUT2D eigenvalue weighted by Gasteiger charge is 2.00. The molecule has 25 heavy (non-hydrogen) atoms. The minimum Gasteiger partial charge on any atom is -0.481 e. The van der Waals surface area contributed by atoms with E-state index in [1.807, 2.05) is 0 Å². The van der Waals surface area contributed by atoms with Crippen LogP contribution >= 0.6 is 11.8 Å². The van der Waals surface area contributed by atoms with Gasteiger partial charge in [-0.05, 0) is 36.2 Å².